The van der Waals surface area contributed by atoms with E-state index in [2.05, 4.69) is 5.32 Å². The fourth-order valence-corrected chi connectivity index (χ4v) is 0.673. The van der Waals surface area contributed by atoms with Crippen LogP contribution in [0.25, 0.3) is 0 Å². The average molecular weight is 136 g/mol. The summed E-state index contributed by atoms with van der Waals surface area (Å²) in [6.45, 7) is 1.45. The maximum atomic E-state index is 10.5. The van der Waals surface area contributed by atoms with Crippen molar-refractivity contribution in [3.05, 3.63) is 30.3 Å². The Morgan fingerprint density at radius 2 is 2.20 bits per heavy atom. The highest BCUT2D eigenvalue weighted by Gasteiger charge is 1.90. The molecule has 0 saturated carbocycles. The quantitative estimate of drug-likeness (QED) is 0.624. The number of hydrogen-bond donors (Lipinski definition) is 1. The topological polar surface area (TPSA) is 29.1 Å². The van der Waals surface area contributed by atoms with Gasteiger partial charge in [0.15, 0.2) is 0 Å². The number of anilines is 1. The van der Waals surface area contributed by atoms with Crippen molar-refractivity contribution in [2.75, 3.05) is 5.32 Å². The molecule has 52 valence electrons. The molecule has 1 N–H and O–H groups in total. The van der Waals surface area contributed by atoms with Crippen molar-refractivity contribution >= 4 is 11.6 Å². The van der Waals surface area contributed by atoms with E-state index in [0.717, 1.165) is 5.69 Å². The maximum absolute atomic E-state index is 10.5. The van der Waals surface area contributed by atoms with Gasteiger partial charge in [-0.05, 0) is 12.1 Å². The molecule has 0 aromatic heterocycles. The van der Waals surface area contributed by atoms with E-state index >= 15 is 0 Å². The summed E-state index contributed by atoms with van der Waals surface area (Å²) in [5.41, 5.74) is 0.730. The van der Waals surface area contributed by atoms with Crippen LogP contribution < -0.4 is 5.32 Å². The minimum Gasteiger partial charge on any atom is -0.326 e. The number of carbonyl (C=O) groups excluding carboxylic acids is 1. The molecule has 0 saturated heterocycles. The number of nitrogens with one attached hydrogen (secondary N) is 1. The van der Waals surface area contributed by atoms with Crippen LogP contribution in [0.5, 0.6) is 0 Å². The maximum Gasteiger partial charge on any atom is 0.221 e. The van der Waals surface area contributed by atoms with Crippen LogP contribution in [0.15, 0.2) is 30.3 Å². The molecular formula is C8H9NO. The fourth-order valence-electron chi connectivity index (χ4n) is 0.673. The monoisotopic (exact) mass is 136 g/mol. The van der Waals surface area contributed by atoms with Crippen molar-refractivity contribution in [3.8, 4) is 0 Å². The molecule has 0 atom stereocenters. The van der Waals surface area contributed by atoms with Crippen molar-refractivity contribution in [1.29, 1.82) is 0 Å². The molecule has 2 heteroatoms. The highest BCUT2D eigenvalue weighted by Crippen LogP contribution is 2.03. The number of benzene rings is 1. The Morgan fingerprint density at radius 3 is 2.70 bits per heavy atom. The zero-order chi connectivity index (χ0) is 8.27. The lowest BCUT2D eigenvalue weighted by Gasteiger charge is -1.98. The SMILES string of the molecule is [2H]c1ccc(NC(C)=O)cc1. The van der Waals surface area contributed by atoms with E-state index in [9.17, 15) is 4.79 Å². The van der Waals surface area contributed by atoms with Crippen LogP contribution in [0.2, 0.25) is 0 Å². The summed E-state index contributed by atoms with van der Waals surface area (Å²) in [4.78, 5) is 10.5. The Labute approximate surface area is 61.3 Å². The lowest BCUT2D eigenvalue weighted by Crippen LogP contribution is -2.04. The predicted molar refractivity (Wildman–Crippen MR) is 40.7 cm³/mol. The number of para-hydroxylation sites is 1. The van der Waals surface area contributed by atoms with Gasteiger partial charge in [-0.3, -0.25) is 4.79 Å². The van der Waals surface area contributed by atoms with Gasteiger partial charge in [0.25, 0.3) is 0 Å². The van der Waals surface area contributed by atoms with Crippen molar-refractivity contribution in [2.24, 2.45) is 0 Å². The zero-order valence-corrected chi connectivity index (χ0v) is 5.72. The van der Waals surface area contributed by atoms with Gasteiger partial charge in [-0.15, -0.1) is 0 Å². The molecule has 0 aliphatic rings. The Balaban J connectivity index is 2.74. The number of rotatable bonds is 1. The van der Waals surface area contributed by atoms with E-state index < -0.39 is 0 Å². The first-order chi connectivity index (χ1) is 5.18. The van der Waals surface area contributed by atoms with Gasteiger partial charge < -0.3 is 5.32 Å². The van der Waals surface area contributed by atoms with Crippen LogP contribution in [0.1, 0.15) is 8.29 Å². The lowest BCUT2D eigenvalue weighted by molar-refractivity contribution is -0.114. The minimum atomic E-state index is -0.0947. The van der Waals surface area contributed by atoms with Crippen LogP contribution in [-0.2, 0) is 4.79 Å². The Morgan fingerprint density at radius 1 is 1.60 bits per heavy atom. The third kappa shape index (κ3) is 1.90. The first-order valence-electron chi connectivity index (χ1n) is 3.53. The molecular weight excluding hydrogens is 126 g/mol. The third-order valence-corrected chi connectivity index (χ3v) is 1.04. The highest BCUT2D eigenvalue weighted by atomic mass is 16.1. The molecule has 0 heterocycles. The van der Waals surface area contributed by atoms with E-state index in [1.165, 1.54) is 6.92 Å². The summed E-state index contributed by atoms with van der Waals surface area (Å²) >= 11 is 0. The highest BCUT2D eigenvalue weighted by molar-refractivity contribution is 5.88. The summed E-state index contributed by atoms with van der Waals surface area (Å²) in [6.07, 6.45) is 0. The molecule has 1 aromatic carbocycles. The second kappa shape index (κ2) is 3.01. The second-order valence-electron chi connectivity index (χ2n) is 1.97. The standard InChI is InChI=1S/C8H9NO/c1-7(10)9-8-5-3-2-4-6-8/h2-6H,1H3,(H,9,10)/i2D. The lowest BCUT2D eigenvalue weighted by atomic mass is 10.3. The molecule has 0 aliphatic carbocycles. The zero-order valence-electron chi connectivity index (χ0n) is 6.72. The summed E-state index contributed by atoms with van der Waals surface area (Å²) in [5, 5.41) is 2.61. The summed E-state index contributed by atoms with van der Waals surface area (Å²) in [6, 6.07) is 7.10. The smallest absolute Gasteiger partial charge is 0.221 e. The third-order valence-electron chi connectivity index (χ3n) is 1.04. The minimum absolute atomic E-state index is 0.0947. The van der Waals surface area contributed by atoms with E-state index in [4.69, 9.17) is 1.37 Å². The van der Waals surface area contributed by atoms with Crippen LogP contribution in [0, 0.1) is 0 Å². The summed E-state index contributed by atoms with van der Waals surface area (Å²) in [5.74, 6) is -0.0947. The molecule has 1 rings (SSSR count). The first-order valence-corrected chi connectivity index (χ1v) is 3.03. The van der Waals surface area contributed by atoms with Gasteiger partial charge in [0, 0.05) is 12.6 Å². The largest absolute Gasteiger partial charge is 0.326 e. The van der Waals surface area contributed by atoms with Crippen LogP contribution >= 0.6 is 0 Å². The van der Waals surface area contributed by atoms with E-state index in [1.54, 1.807) is 24.3 Å². The molecule has 0 radical (unpaired) electrons. The van der Waals surface area contributed by atoms with Gasteiger partial charge in [-0.2, -0.15) is 0 Å². The van der Waals surface area contributed by atoms with Gasteiger partial charge in [0.1, 0.15) is 0 Å². The van der Waals surface area contributed by atoms with Crippen LogP contribution in [0.4, 0.5) is 5.69 Å². The molecule has 0 unspecified atom stereocenters. The van der Waals surface area contributed by atoms with E-state index in [-0.39, 0.29) is 5.91 Å². The normalized spacial score (nSPS) is 10.3. The van der Waals surface area contributed by atoms with Crippen molar-refractivity contribution in [3.63, 3.8) is 0 Å². The van der Waals surface area contributed by atoms with Gasteiger partial charge in [-0.25, -0.2) is 0 Å². The van der Waals surface area contributed by atoms with E-state index in [1.807, 2.05) is 0 Å². The average Bonchev–Trinajstić information content (AvgIpc) is 1.93. The molecule has 2 nitrogen and oxygen atoms in total. The van der Waals surface area contributed by atoms with Crippen molar-refractivity contribution in [1.82, 2.24) is 0 Å². The van der Waals surface area contributed by atoms with Crippen LogP contribution in [0.3, 0.4) is 0 Å². The fraction of sp³-hybridized carbons (Fsp3) is 0.125. The van der Waals surface area contributed by atoms with Gasteiger partial charge in [0.05, 0.1) is 1.37 Å². The molecule has 1 amide bonds. The van der Waals surface area contributed by atoms with Gasteiger partial charge in [0.2, 0.25) is 5.91 Å². The van der Waals surface area contributed by atoms with Gasteiger partial charge >= 0.3 is 0 Å². The van der Waals surface area contributed by atoms with Crippen molar-refractivity contribution < 1.29 is 6.17 Å². The molecule has 10 heavy (non-hydrogen) atoms. The predicted octanol–water partition coefficient (Wildman–Crippen LogP) is 1.65. The van der Waals surface area contributed by atoms with Gasteiger partial charge in [-0.1, -0.05) is 18.2 Å². The Hall–Kier alpha value is -1.31. The molecule has 0 fully saturated rings. The Kier molecular flexibility index (Phi) is 1.65. The number of hydrogen-bond acceptors (Lipinski definition) is 1. The first kappa shape index (κ1) is 5.47. The molecule has 1 aromatic rings. The summed E-state index contributed by atoms with van der Waals surface area (Å²) < 4.78 is 7.16. The summed E-state index contributed by atoms with van der Waals surface area (Å²) in [7, 11) is 0. The van der Waals surface area contributed by atoms with Crippen LogP contribution in [-0.4, -0.2) is 5.91 Å². The molecule has 0 spiro atoms. The molecule has 0 bridgehead atoms. The van der Waals surface area contributed by atoms with E-state index in [0.29, 0.717) is 6.04 Å². The Bertz CT molecular complexity index is 255. The number of carbonyl (C=O) groups is 1. The second-order valence-corrected chi connectivity index (χ2v) is 1.97. The molecule has 0 aliphatic heterocycles. The number of amides is 1. The van der Waals surface area contributed by atoms with Crippen molar-refractivity contribution in [2.45, 2.75) is 6.92 Å².